The van der Waals surface area contributed by atoms with Gasteiger partial charge in [-0.2, -0.15) is 26.3 Å². The van der Waals surface area contributed by atoms with Crippen molar-refractivity contribution in [1.29, 1.82) is 0 Å². The fourth-order valence-corrected chi connectivity index (χ4v) is 7.55. The van der Waals surface area contributed by atoms with E-state index in [-0.39, 0.29) is 47.2 Å². The Hall–Kier alpha value is -3.60. The van der Waals surface area contributed by atoms with Crippen LogP contribution in [0.25, 0.3) is 10.1 Å². The Morgan fingerprint density at radius 3 is 2.46 bits per heavy atom. The lowest BCUT2D eigenvalue weighted by Gasteiger charge is -2.33. The maximum Gasteiger partial charge on any atom is 0.508 e. The molecule has 16 heteroatoms. The van der Waals surface area contributed by atoms with Crippen LogP contribution in [0.1, 0.15) is 23.3 Å². The summed E-state index contributed by atoms with van der Waals surface area (Å²) in [5.74, 6) is 5.48. The smallest absolute Gasteiger partial charge is 0.482 e. The summed E-state index contributed by atoms with van der Waals surface area (Å²) in [6, 6.07) is 9.50. The molecule has 2 aromatic carbocycles. The van der Waals surface area contributed by atoms with E-state index in [1.807, 2.05) is 6.07 Å². The minimum absolute atomic E-state index is 0.0574. The second kappa shape index (κ2) is 14.5. The van der Waals surface area contributed by atoms with Crippen molar-refractivity contribution in [2.75, 3.05) is 63.4 Å². The molecule has 3 heterocycles. The number of nitrogens with one attached hydrogen (secondary N) is 2. The molecular weight excluding hydrogens is 683 g/mol. The highest BCUT2D eigenvalue weighted by molar-refractivity contribution is 7.70. The number of hydrogen-bond donors (Lipinski definition) is 2. The van der Waals surface area contributed by atoms with Gasteiger partial charge in [0.15, 0.2) is 12.7 Å². The third-order valence-corrected chi connectivity index (χ3v) is 10.5. The van der Waals surface area contributed by atoms with Crippen LogP contribution < -0.4 is 20.7 Å². The summed E-state index contributed by atoms with van der Waals surface area (Å²) >= 11 is 1.15. The van der Waals surface area contributed by atoms with Gasteiger partial charge in [-0.25, -0.2) is 4.79 Å². The molecule has 2 aliphatic rings. The first-order chi connectivity index (χ1) is 22.5. The van der Waals surface area contributed by atoms with Crippen molar-refractivity contribution in [3.63, 3.8) is 0 Å². The number of ether oxygens (including phenoxy) is 3. The van der Waals surface area contributed by atoms with Gasteiger partial charge in [0.2, 0.25) is 0 Å². The van der Waals surface area contributed by atoms with Gasteiger partial charge in [0, 0.05) is 31.0 Å². The van der Waals surface area contributed by atoms with Crippen molar-refractivity contribution in [3.05, 3.63) is 46.8 Å². The number of carbonyl (C=O) groups excluding carboxylic acids is 1. The van der Waals surface area contributed by atoms with E-state index in [1.165, 1.54) is 31.5 Å². The monoisotopic (exact) mass is 717 g/mol. The highest BCUT2D eigenvalue weighted by atomic mass is 32.1. The average Bonchev–Trinajstić information content (AvgIpc) is 3.56. The number of alkyl halides is 6. The maximum absolute atomic E-state index is 13.7. The van der Waals surface area contributed by atoms with Crippen LogP contribution in [-0.2, 0) is 20.5 Å². The van der Waals surface area contributed by atoms with Crippen LogP contribution in [0.2, 0.25) is 0 Å². The van der Waals surface area contributed by atoms with Crippen LogP contribution in [0.3, 0.4) is 0 Å². The number of rotatable bonds is 10. The lowest BCUT2D eigenvalue weighted by molar-refractivity contribution is -0.153. The van der Waals surface area contributed by atoms with E-state index in [9.17, 15) is 35.7 Å². The number of benzene rings is 2. The molecule has 0 spiro atoms. The predicted molar refractivity (Wildman–Crippen MR) is 173 cm³/mol. The minimum Gasteiger partial charge on any atom is -0.482 e. The average molecular weight is 718 g/mol. The maximum atomic E-state index is 13.7. The van der Waals surface area contributed by atoms with Gasteiger partial charge < -0.3 is 29.4 Å². The quantitative estimate of drug-likeness (QED) is 0.0998. The number of carbonyl (C=O) groups is 1. The fourth-order valence-electron chi connectivity index (χ4n) is 5.52. The molecule has 2 aliphatic heterocycles. The topological polar surface area (TPSA) is 89.1 Å². The van der Waals surface area contributed by atoms with Crippen molar-refractivity contribution < 1.29 is 49.9 Å². The lowest BCUT2D eigenvalue weighted by Crippen LogP contribution is -2.43. The summed E-state index contributed by atoms with van der Waals surface area (Å²) < 4.78 is 108. The first-order valence-corrected chi connectivity index (χ1v) is 18.5. The normalized spacial score (nSPS) is 17.8. The summed E-state index contributed by atoms with van der Waals surface area (Å²) in [6.07, 6.45) is -9.66. The van der Waals surface area contributed by atoms with Gasteiger partial charge >= 0.3 is 18.5 Å². The van der Waals surface area contributed by atoms with Crippen molar-refractivity contribution >= 4 is 51.4 Å². The van der Waals surface area contributed by atoms with E-state index in [2.05, 4.69) is 27.4 Å². The molecule has 5 rings (SSSR count). The first-order valence-electron chi connectivity index (χ1n) is 15.1. The number of cyclic esters (lactones) is 2. The van der Waals surface area contributed by atoms with Gasteiger partial charge in [0.25, 0.3) is 0 Å². The Balaban J connectivity index is 1.31. The summed E-state index contributed by atoms with van der Waals surface area (Å²) in [6.45, 7) is 3.60. The molecule has 3 aromatic rings. The lowest BCUT2D eigenvalue weighted by atomic mass is 10.0. The molecule has 260 valence electrons. The van der Waals surface area contributed by atoms with E-state index >= 15 is 0 Å². The first kappa shape index (κ1) is 35.7. The van der Waals surface area contributed by atoms with Crippen molar-refractivity contribution in [3.8, 4) is 17.6 Å². The molecule has 2 fully saturated rings. The zero-order valence-electron chi connectivity index (χ0n) is 26.1. The Bertz CT molecular complexity index is 1740. The number of thiophene rings is 1. The second-order valence-corrected chi connectivity index (χ2v) is 16.2. The van der Waals surface area contributed by atoms with Crippen LogP contribution in [0, 0.1) is 11.8 Å². The molecule has 0 radical (unpaired) electrons. The molecule has 48 heavy (non-hydrogen) atoms. The SMILES string of the molecule is CP(C)(=O)c1ccc(NCC#Cc2sc3c(NC4CCN(CC5COC(=O)O5)CC4)cccc3c2CC(F)(F)F)c(OCC(F)(F)F)c1. The number of likely N-dealkylation sites (tertiary alicyclic amines) is 1. The van der Waals surface area contributed by atoms with Gasteiger partial charge in [0.1, 0.15) is 19.5 Å². The predicted octanol–water partition coefficient (Wildman–Crippen LogP) is 7.07. The zero-order valence-corrected chi connectivity index (χ0v) is 27.8. The Labute approximate surface area is 277 Å². The molecular formula is C32H34F6N3O5PS. The van der Waals surface area contributed by atoms with E-state index in [0.717, 1.165) is 37.3 Å². The molecule has 0 aliphatic carbocycles. The number of halogens is 6. The van der Waals surface area contributed by atoms with Crippen LogP contribution in [0.4, 0.5) is 42.5 Å². The Kier molecular flexibility index (Phi) is 10.8. The zero-order chi connectivity index (χ0) is 34.7. The van der Waals surface area contributed by atoms with Gasteiger partial charge in [-0.3, -0.25) is 4.90 Å². The molecule has 0 saturated carbocycles. The Morgan fingerprint density at radius 1 is 1.06 bits per heavy atom. The molecule has 0 bridgehead atoms. The van der Waals surface area contributed by atoms with Crippen molar-refractivity contribution in [2.24, 2.45) is 0 Å². The summed E-state index contributed by atoms with van der Waals surface area (Å²) in [5.41, 5.74) is 0.939. The highest BCUT2D eigenvalue weighted by Crippen LogP contribution is 2.40. The van der Waals surface area contributed by atoms with Gasteiger partial charge in [0.05, 0.1) is 33.9 Å². The second-order valence-electron chi connectivity index (χ2n) is 12.0. The summed E-state index contributed by atoms with van der Waals surface area (Å²) in [4.78, 5) is 13.6. The van der Waals surface area contributed by atoms with E-state index < -0.39 is 38.7 Å². The molecule has 0 amide bonds. The minimum atomic E-state index is -4.60. The third-order valence-electron chi connectivity index (χ3n) is 7.80. The van der Waals surface area contributed by atoms with Crippen molar-refractivity contribution in [1.82, 2.24) is 4.90 Å². The fraction of sp³-hybridized carbons (Fsp3) is 0.469. The molecule has 1 aromatic heterocycles. The highest BCUT2D eigenvalue weighted by Gasteiger charge is 2.32. The molecule has 1 unspecified atom stereocenters. The Morgan fingerprint density at radius 2 is 1.81 bits per heavy atom. The largest absolute Gasteiger partial charge is 0.508 e. The van der Waals surface area contributed by atoms with Gasteiger partial charge in [-0.05, 0) is 61.4 Å². The number of fused-ring (bicyclic) bond motifs is 1. The summed E-state index contributed by atoms with van der Waals surface area (Å²) in [5, 5.41) is 7.15. The third kappa shape index (κ3) is 9.74. The molecule has 1 atom stereocenters. The van der Waals surface area contributed by atoms with E-state index in [0.29, 0.717) is 27.6 Å². The number of piperidine rings is 1. The number of anilines is 2. The van der Waals surface area contributed by atoms with Crippen LogP contribution in [0.15, 0.2) is 36.4 Å². The molecule has 2 saturated heterocycles. The van der Waals surface area contributed by atoms with Crippen LogP contribution in [-0.4, -0.2) is 88.3 Å². The number of nitrogens with zero attached hydrogens (tertiary/aromatic N) is 1. The van der Waals surface area contributed by atoms with Crippen molar-refractivity contribution in [2.45, 2.75) is 43.8 Å². The van der Waals surface area contributed by atoms with Gasteiger partial charge in [-0.1, -0.05) is 24.0 Å². The number of hydrogen-bond acceptors (Lipinski definition) is 9. The molecule has 8 nitrogen and oxygen atoms in total. The summed E-state index contributed by atoms with van der Waals surface area (Å²) in [7, 11) is -2.80. The molecule has 2 N–H and O–H groups in total. The van der Waals surface area contributed by atoms with Crippen LogP contribution >= 0.6 is 18.5 Å². The van der Waals surface area contributed by atoms with Gasteiger partial charge in [-0.15, -0.1) is 11.3 Å². The van der Waals surface area contributed by atoms with Crippen LogP contribution in [0.5, 0.6) is 5.75 Å². The van der Waals surface area contributed by atoms with E-state index in [4.69, 9.17) is 14.2 Å². The van der Waals surface area contributed by atoms with E-state index in [1.54, 1.807) is 12.1 Å². The standard InChI is InChI=1S/C32H34F6N3O5PS/c1-47(2,43)22-8-9-25(27(15-22)45-19-32(36,37)38)39-12-4-7-28-24(16-31(33,34)35)23-5-3-6-26(29(23)48-28)40-20-10-13-41(14-11-20)17-21-18-44-30(42)46-21/h3,5-6,8-9,15,20-21,39-40H,10-14,16-19H2,1-2H3.